The molecule has 2 aromatic rings. The summed E-state index contributed by atoms with van der Waals surface area (Å²) in [5.74, 6) is 1.10. The first-order valence-corrected chi connectivity index (χ1v) is 11.4. The predicted molar refractivity (Wildman–Crippen MR) is 115 cm³/mol. The van der Waals surface area contributed by atoms with Crippen LogP contribution in [0.2, 0.25) is 0 Å². The molecule has 0 amide bonds. The van der Waals surface area contributed by atoms with E-state index < -0.39 is 17.6 Å². The molecule has 6 nitrogen and oxygen atoms in total. The van der Waals surface area contributed by atoms with E-state index in [0.29, 0.717) is 34.6 Å². The molecule has 3 fully saturated rings. The Labute approximate surface area is 185 Å². The first-order chi connectivity index (χ1) is 15.1. The number of nitrogens with zero attached hydrogens (tertiary/aromatic N) is 4. The molecule has 3 N–H and O–H groups in total. The Kier molecular flexibility index (Phi) is 5.05. The maximum absolute atomic E-state index is 13.3. The second kappa shape index (κ2) is 7.45. The van der Waals surface area contributed by atoms with Crippen molar-refractivity contribution in [1.29, 1.82) is 0 Å². The molecule has 1 saturated heterocycles. The maximum atomic E-state index is 13.3. The summed E-state index contributed by atoms with van der Waals surface area (Å²) in [4.78, 5) is 6.32. The number of hydrogen-bond donors (Lipinski definition) is 2. The smallest absolute Gasteiger partial charge is 0.396 e. The summed E-state index contributed by atoms with van der Waals surface area (Å²) < 4.78 is 41.9. The van der Waals surface area contributed by atoms with Crippen molar-refractivity contribution in [3.63, 3.8) is 0 Å². The zero-order valence-electron chi connectivity index (χ0n) is 18.4. The Morgan fingerprint density at radius 3 is 2.53 bits per heavy atom. The van der Waals surface area contributed by atoms with Gasteiger partial charge in [0.25, 0.3) is 0 Å². The molecule has 2 saturated carbocycles. The molecule has 32 heavy (non-hydrogen) atoms. The van der Waals surface area contributed by atoms with Crippen molar-refractivity contribution in [2.24, 2.45) is 11.8 Å². The predicted octanol–water partition coefficient (Wildman–Crippen LogP) is 4.08. The molecule has 1 spiro atoms. The summed E-state index contributed by atoms with van der Waals surface area (Å²) >= 11 is 0. The molecule has 1 aliphatic heterocycles. The summed E-state index contributed by atoms with van der Waals surface area (Å²) in [6, 6.07) is 3.12. The van der Waals surface area contributed by atoms with Crippen LogP contribution in [-0.4, -0.2) is 50.0 Å². The van der Waals surface area contributed by atoms with Gasteiger partial charge in [0.05, 0.1) is 11.3 Å². The van der Waals surface area contributed by atoms with E-state index in [1.807, 2.05) is 24.6 Å². The number of aliphatic hydroxyl groups is 1. The fourth-order valence-corrected chi connectivity index (χ4v) is 6.12. The number of aromatic nitrogens is 3. The van der Waals surface area contributed by atoms with Gasteiger partial charge in [-0.15, -0.1) is 0 Å². The van der Waals surface area contributed by atoms with Crippen LogP contribution in [0.1, 0.15) is 62.7 Å². The van der Waals surface area contributed by atoms with Crippen molar-refractivity contribution in [3.8, 4) is 11.3 Å². The minimum Gasteiger partial charge on any atom is -0.396 e. The number of rotatable bonds is 6. The van der Waals surface area contributed by atoms with Crippen molar-refractivity contribution in [2.75, 3.05) is 25.4 Å². The summed E-state index contributed by atoms with van der Waals surface area (Å²) in [6.07, 6.45) is 1.19. The van der Waals surface area contributed by atoms with Crippen molar-refractivity contribution >= 4 is 5.82 Å². The van der Waals surface area contributed by atoms with Gasteiger partial charge >= 0.3 is 6.18 Å². The number of aliphatic hydroxyl groups excluding tert-OH is 1. The monoisotopic (exact) mass is 449 g/mol. The van der Waals surface area contributed by atoms with E-state index in [0.717, 1.165) is 44.1 Å². The van der Waals surface area contributed by atoms with Gasteiger partial charge in [-0.1, -0.05) is 0 Å². The van der Waals surface area contributed by atoms with Gasteiger partial charge in [0, 0.05) is 54.6 Å². The van der Waals surface area contributed by atoms with Crippen molar-refractivity contribution in [3.05, 3.63) is 29.6 Å². The molecule has 0 aromatic carbocycles. The third-order valence-corrected chi connectivity index (χ3v) is 7.78. The standard InChI is InChI=1S/C23H30F3N5O/c1-13(2)31-19(9-18(29-31)14-8-17(23(24,25)26)21(27)28-12-14)20-15-10-22(11-16(15)20)4-6-30(22)5-3-7-32/h8-9,12-13,15-16,20,32H,3-7,10-11H2,1-2H3,(H2,27,28)/t15-,16+,20+,22+. The van der Waals surface area contributed by atoms with E-state index in [2.05, 4.69) is 15.0 Å². The van der Waals surface area contributed by atoms with E-state index in [-0.39, 0.29) is 12.6 Å². The zero-order chi connectivity index (χ0) is 22.8. The SMILES string of the molecule is CC(C)n1nc(-c2cnc(N)c(C(F)(F)F)c2)cc1[C@H]1[C@@H]2C[C@@]3(CCN3CCCO)C[C@@H]21. The first-order valence-electron chi connectivity index (χ1n) is 11.4. The zero-order valence-corrected chi connectivity index (χ0v) is 18.4. The van der Waals surface area contributed by atoms with Gasteiger partial charge in [0.15, 0.2) is 0 Å². The lowest BCUT2D eigenvalue weighted by molar-refractivity contribution is -0.137. The molecule has 2 aliphatic carbocycles. The molecular formula is C23H30F3N5O. The Hall–Kier alpha value is -2.13. The lowest BCUT2D eigenvalue weighted by Gasteiger charge is -2.52. The second-order valence-electron chi connectivity index (χ2n) is 9.95. The molecule has 0 unspecified atom stereocenters. The molecule has 9 heteroatoms. The minimum atomic E-state index is -4.55. The van der Waals surface area contributed by atoms with E-state index >= 15 is 0 Å². The number of pyridine rings is 1. The number of likely N-dealkylation sites (tertiary alicyclic amines) is 1. The number of halogens is 3. The summed E-state index contributed by atoms with van der Waals surface area (Å²) in [5.41, 5.74) is 6.81. The van der Waals surface area contributed by atoms with Gasteiger partial charge < -0.3 is 10.8 Å². The largest absolute Gasteiger partial charge is 0.419 e. The average Bonchev–Trinajstić information content (AvgIpc) is 3.08. The van der Waals surface area contributed by atoms with Crippen LogP contribution in [0.4, 0.5) is 19.0 Å². The molecule has 0 radical (unpaired) electrons. The van der Waals surface area contributed by atoms with Crippen LogP contribution in [0.15, 0.2) is 18.3 Å². The Morgan fingerprint density at radius 1 is 1.25 bits per heavy atom. The quantitative estimate of drug-likeness (QED) is 0.695. The highest BCUT2D eigenvalue weighted by Gasteiger charge is 2.65. The molecule has 5 rings (SSSR count). The Balaban J connectivity index is 1.39. The van der Waals surface area contributed by atoms with Gasteiger partial charge in [-0.25, -0.2) is 4.98 Å². The third kappa shape index (κ3) is 3.41. The highest BCUT2D eigenvalue weighted by Crippen LogP contribution is 2.69. The fraction of sp³-hybridized carbons (Fsp3) is 0.652. The average molecular weight is 450 g/mol. The maximum Gasteiger partial charge on any atom is 0.419 e. The van der Waals surface area contributed by atoms with Crippen LogP contribution < -0.4 is 5.73 Å². The van der Waals surface area contributed by atoms with E-state index in [1.54, 1.807) is 0 Å². The van der Waals surface area contributed by atoms with E-state index in [9.17, 15) is 13.2 Å². The van der Waals surface area contributed by atoms with E-state index in [1.165, 1.54) is 12.6 Å². The van der Waals surface area contributed by atoms with Crippen molar-refractivity contribution < 1.29 is 18.3 Å². The molecule has 0 bridgehead atoms. The normalized spacial score (nSPS) is 29.5. The van der Waals surface area contributed by atoms with Gasteiger partial charge in [0.1, 0.15) is 5.82 Å². The van der Waals surface area contributed by atoms with Gasteiger partial charge in [-0.3, -0.25) is 9.58 Å². The van der Waals surface area contributed by atoms with Crippen LogP contribution in [0.3, 0.4) is 0 Å². The number of anilines is 1. The topological polar surface area (TPSA) is 80.2 Å². The number of nitrogen functional groups attached to an aromatic ring is 1. The number of fused-ring (bicyclic) bond motifs is 1. The van der Waals surface area contributed by atoms with Crippen LogP contribution in [0.5, 0.6) is 0 Å². The number of alkyl halides is 3. The molecule has 3 aliphatic rings. The molecular weight excluding hydrogens is 419 g/mol. The van der Waals surface area contributed by atoms with Crippen LogP contribution >= 0.6 is 0 Å². The first kappa shape index (κ1) is 21.7. The van der Waals surface area contributed by atoms with Gasteiger partial charge in [0.2, 0.25) is 0 Å². The molecule has 2 aromatic heterocycles. The summed E-state index contributed by atoms with van der Waals surface area (Å²) in [7, 11) is 0. The Morgan fingerprint density at radius 2 is 1.97 bits per heavy atom. The van der Waals surface area contributed by atoms with Crippen molar-refractivity contribution in [1.82, 2.24) is 19.7 Å². The highest BCUT2D eigenvalue weighted by atomic mass is 19.4. The summed E-state index contributed by atoms with van der Waals surface area (Å²) in [5, 5.41) is 13.8. The molecule has 3 heterocycles. The lowest BCUT2D eigenvalue weighted by atomic mass is 9.78. The van der Waals surface area contributed by atoms with Gasteiger partial charge in [-0.05, 0) is 63.5 Å². The minimum absolute atomic E-state index is 0.114. The van der Waals surface area contributed by atoms with Crippen LogP contribution in [0.25, 0.3) is 11.3 Å². The Bertz CT molecular complexity index is 1010. The molecule has 174 valence electrons. The van der Waals surface area contributed by atoms with E-state index in [4.69, 9.17) is 10.8 Å². The third-order valence-electron chi connectivity index (χ3n) is 7.78. The second-order valence-corrected chi connectivity index (χ2v) is 9.95. The number of nitrogens with two attached hydrogens (primary N) is 1. The van der Waals surface area contributed by atoms with Crippen LogP contribution in [0, 0.1) is 11.8 Å². The lowest BCUT2D eigenvalue weighted by Crippen LogP contribution is -2.59. The summed E-state index contributed by atoms with van der Waals surface area (Å²) in [6.45, 7) is 6.40. The van der Waals surface area contributed by atoms with Crippen LogP contribution in [-0.2, 0) is 6.18 Å². The number of hydrogen-bond acceptors (Lipinski definition) is 5. The highest BCUT2D eigenvalue weighted by molar-refractivity contribution is 5.63. The van der Waals surface area contributed by atoms with Gasteiger partial charge in [-0.2, -0.15) is 18.3 Å². The fourth-order valence-electron chi connectivity index (χ4n) is 6.12. The van der Waals surface area contributed by atoms with Crippen molar-refractivity contribution in [2.45, 2.75) is 63.2 Å². The molecule has 4 atom stereocenters.